The highest BCUT2D eigenvalue weighted by molar-refractivity contribution is 8.08. The maximum atomic E-state index is 12.7. The van der Waals surface area contributed by atoms with Crippen molar-refractivity contribution < 1.29 is 25.9 Å². The van der Waals surface area contributed by atoms with E-state index in [4.69, 9.17) is 0 Å². The molecule has 0 amide bonds. The molecule has 0 aliphatic rings. The highest BCUT2D eigenvalue weighted by Gasteiger charge is 2.72. The van der Waals surface area contributed by atoms with Crippen LogP contribution in [0.4, 0.5) is 0 Å². The molecule has 0 aliphatic heterocycles. The molecular formula is C15H36O6S2Si2. The topological polar surface area (TPSA) is 109 Å². The largest absolute Gasteiger partial charge is 0.285 e. The summed E-state index contributed by atoms with van der Waals surface area (Å²) in [6.45, 7) is 12.9. The Morgan fingerprint density at radius 1 is 0.720 bits per heavy atom. The monoisotopic (exact) mass is 432 g/mol. The molecular weight excluding hydrogens is 396 g/mol. The van der Waals surface area contributed by atoms with Gasteiger partial charge < -0.3 is 0 Å². The van der Waals surface area contributed by atoms with Gasteiger partial charge in [-0.3, -0.25) is 9.11 Å². The van der Waals surface area contributed by atoms with E-state index in [1.165, 1.54) is 0 Å². The molecule has 0 fully saturated rings. The lowest BCUT2D eigenvalue weighted by molar-refractivity contribution is 0.437. The van der Waals surface area contributed by atoms with Gasteiger partial charge in [0, 0.05) is 0 Å². The zero-order chi connectivity index (χ0) is 20.3. The summed E-state index contributed by atoms with van der Waals surface area (Å²) in [5, 5.41) is 0. The van der Waals surface area contributed by atoms with E-state index in [2.05, 4.69) is 0 Å². The Bertz CT molecular complexity index is 588. The first-order chi connectivity index (χ1) is 11.3. The van der Waals surface area contributed by atoms with Crippen LogP contribution in [-0.4, -0.2) is 45.8 Å². The lowest BCUT2D eigenvalue weighted by Gasteiger charge is -2.52. The summed E-state index contributed by atoms with van der Waals surface area (Å²) in [6.07, 6.45) is 0. The van der Waals surface area contributed by atoms with Crippen LogP contribution >= 0.6 is 0 Å². The van der Waals surface area contributed by atoms with E-state index in [1.807, 2.05) is 20.8 Å². The van der Waals surface area contributed by atoms with Gasteiger partial charge in [0.1, 0.15) is 8.07 Å². The van der Waals surface area contributed by atoms with Gasteiger partial charge in [-0.2, -0.15) is 16.8 Å². The molecule has 0 heterocycles. The third kappa shape index (κ3) is 3.66. The number of hydrogen-bond acceptors (Lipinski definition) is 4. The SMILES string of the molecule is CC[Si](CC)(CC)C(C)C([Si](CC)(CC)CC)(S(=O)(=O)O)S(=O)(=O)O. The number of rotatable bonds is 11. The minimum absolute atomic E-state index is 0.367. The van der Waals surface area contributed by atoms with Crippen molar-refractivity contribution in [2.24, 2.45) is 0 Å². The molecule has 2 N–H and O–H groups in total. The summed E-state index contributed by atoms with van der Waals surface area (Å²) >= 11 is 0. The first-order valence-electron chi connectivity index (χ1n) is 9.21. The molecule has 1 atom stereocenters. The molecule has 1 unspecified atom stereocenters. The summed E-state index contributed by atoms with van der Waals surface area (Å²) in [4.78, 5) is 0. The molecule has 0 saturated heterocycles. The van der Waals surface area contributed by atoms with E-state index in [0.717, 1.165) is 0 Å². The fourth-order valence-corrected chi connectivity index (χ4v) is 26.4. The molecule has 0 aromatic heterocycles. The molecule has 0 saturated carbocycles. The van der Waals surface area contributed by atoms with Crippen molar-refractivity contribution in [2.75, 3.05) is 0 Å². The van der Waals surface area contributed by atoms with Crippen molar-refractivity contribution in [3.05, 3.63) is 0 Å². The lowest BCUT2D eigenvalue weighted by atomic mass is 10.5. The molecule has 0 radical (unpaired) electrons. The van der Waals surface area contributed by atoms with E-state index in [1.54, 1.807) is 27.7 Å². The van der Waals surface area contributed by atoms with Crippen LogP contribution in [0.15, 0.2) is 0 Å². The predicted octanol–water partition coefficient (Wildman–Crippen LogP) is 4.40. The summed E-state index contributed by atoms with van der Waals surface area (Å²) in [6, 6.07) is 3.21. The van der Waals surface area contributed by atoms with Gasteiger partial charge in [0.15, 0.2) is 0 Å². The van der Waals surface area contributed by atoms with Crippen LogP contribution in [0.1, 0.15) is 48.5 Å². The maximum absolute atomic E-state index is 12.7. The minimum atomic E-state index is -5.03. The molecule has 0 rings (SSSR count). The quantitative estimate of drug-likeness (QED) is 0.370. The molecule has 6 nitrogen and oxygen atoms in total. The third-order valence-corrected chi connectivity index (χ3v) is 28.0. The van der Waals surface area contributed by atoms with E-state index < -0.39 is 45.6 Å². The number of hydrogen-bond donors (Lipinski definition) is 2. The highest BCUT2D eigenvalue weighted by atomic mass is 32.3. The molecule has 0 aromatic carbocycles. The van der Waals surface area contributed by atoms with Gasteiger partial charge in [-0.25, -0.2) is 0 Å². The van der Waals surface area contributed by atoms with Crippen molar-refractivity contribution in [1.29, 1.82) is 0 Å². The van der Waals surface area contributed by atoms with Crippen LogP contribution in [0.3, 0.4) is 0 Å². The Morgan fingerprint density at radius 2 is 1.00 bits per heavy atom. The Balaban J connectivity index is 7.42. The zero-order valence-corrected chi connectivity index (χ0v) is 20.3. The van der Waals surface area contributed by atoms with Crippen LogP contribution in [0, 0.1) is 0 Å². The molecule has 25 heavy (non-hydrogen) atoms. The van der Waals surface area contributed by atoms with Crippen molar-refractivity contribution in [2.45, 2.75) is 94.0 Å². The average molecular weight is 433 g/mol. The normalized spacial score (nSPS) is 16.0. The van der Waals surface area contributed by atoms with Gasteiger partial charge in [0.05, 0.1) is 8.07 Å². The van der Waals surface area contributed by atoms with Crippen LogP contribution in [0.2, 0.25) is 41.8 Å². The second kappa shape index (κ2) is 8.51. The predicted molar refractivity (Wildman–Crippen MR) is 110 cm³/mol. The second-order valence-corrected chi connectivity index (χ2v) is 22.5. The van der Waals surface area contributed by atoms with Gasteiger partial charge in [0.25, 0.3) is 20.2 Å². The molecule has 0 aromatic rings. The summed E-state index contributed by atoms with van der Waals surface area (Å²) in [7, 11) is -15.6. The third-order valence-electron chi connectivity index (χ3n) is 7.14. The maximum Gasteiger partial charge on any atom is 0.284 e. The van der Waals surface area contributed by atoms with Gasteiger partial charge in [0.2, 0.25) is 3.70 Å². The van der Waals surface area contributed by atoms with Crippen LogP contribution in [0.5, 0.6) is 0 Å². The summed E-state index contributed by atoms with van der Waals surface area (Å²) in [5.74, 6) is 0. The summed E-state index contributed by atoms with van der Waals surface area (Å²) in [5.41, 5.74) is -0.781. The highest BCUT2D eigenvalue weighted by Crippen LogP contribution is 2.54. The molecule has 152 valence electrons. The minimum Gasteiger partial charge on any atom is -0.285 e. The van der Waals surface area contributed by atoms with E-state index in [9.17, 15) is 25.9 Å². The van der Waals surface area contributed by atoms with Gasteiger partial charge in [-0.15, -0.1) is 0 Å². The smallest absolute Gasteiger partial charge is 0.284 e. The Hall–Kier alpha value is 0.254. The van der Waals surface area contributed by atoms with Crippen LogP contribution < -0.4 is 0 Å². The fraction of sp³-hybridized carbons (Fsp3) is 1.00. The van der Waals surface area contributed by atoms with Crippen LogP contribution in [0.25, 0.3) is 0 Å². The van der Waals surface area contributed by atoms with Crippen molar-refractivity contribution in [3.8, 4) is 0 Å². The van der Waals surface area contributed by atoms with E-state index in [0.29, 0.717) is 36.3 Å². The molecule has 0 bridgehead atoms. The van der Waals surface area contributed by atoms with Crippen molar-refractivity contribution in [3.63, 3.8) is 0 Å². The zero-order valence-electron chi connectivity index (χ0n) is 16.7. The van der Waals surface area contributed by atoms with E-state index >= 15 is 0 Å². The van der Waals surface area contributed by atoms with Crippen molar-refractivity contribution >= 4 is 36.4 Å². The first kappa shape index (κ1) is 25.3. The lowest BCUT2D eigenvalue weighted by Crippen LogP contribution is -2.71. The molecule has 0 spiro atoms. The van der Waals surface area contributed by atoms with Crippen LogP contribution in [-0.2, 0) is 20.2 Å². The van der Waals surface area contributed by atoms with Gasteiger partial charge in [-0.05, 0) is 5.54 Å². The Kier molecular flexibility index (Phi) is 8.60. The van der Waals surface area contributed by atoms with Crippen molar-refractivity contribution in [1.82, 2.24) is 0 Å². The molecule has 0 aliphatic carbocycles. The van der Waals surface area contributed by atoms with E-state index in [-0.39, 0.29) is 0 Å². The Morgan fingerprint density at radius 3 is 1.16 bits per heavy atom. The standard InChI is InChI=1S/C15H36O6S2Si2/c1-8-24(9-2,10-3)14(7)15(22(16,17)18,23(19,20)21)25(11-4,12-5)13-6/h14H,8-13H2,1-7H3,(H,16,17,18)(H,19,20,21). The molecule has 10 heteroatoms. The van der Waals surface area contributed by atoms with Gasteiger partial charge >= 0.3 is 0 Å². The summed E-state index contributed by atoms with van der Waals surface area (Å²) < 4.78 is 69.1. The average Bonchev–Trinajstić information content (AvgIpc) is 2.52. The second-order valence-electron chi connectivity index (χ2n) is 7.10. The fourth-order valence-electron chi connectivity index (χ4n) is 5.15. The first-order valence-corrected chi connectivity index (χ1v) is 17.4. The Labute approximate surface area is 156 Å². The van der Waals surface area contributed by atoms with Gasteiger partial charge in [-0.1, -0.05) is 84.7 Å².